The molecular weight excluding hydrogens is 272 g/mol. The van der Waals surface area contributed by atoms with Crippen LogP contribution in [0.15, 0.2) is 42.7 Å². The molecule has 0 bridgehead atoms. The van der Waals surface area contributed by atoms with Crippen molar-refractivity contribution in [2.24, 2.45) is 0 Å². The van der Waals surface area contributed by atoms with E-state index in [-0.39, 0.29) is 0 Å². The lowest BCUT2D eigenvalue weighted by molar-refractivity contribution is 0.411. The van der Waals surface area contributed by atoms with Crippen LogP contribution in [-0.2, 0) is 0 Å². The van der Waals surface area contributed by atoms with Crippen LogP contribution in [-0.4, -0.2) is 12.1 Å². The SMILES string of the molecule is COc1cc(/C(Cl)=C(/C#N)c2cccnc2)ccc1C. The van der Waals surface area contributed by atoms with E-state index in [2.05, 4.69) is 11.1 Å². The van der Waals surface area contributed by atoms with Crippen LogP contribution in [0.5, 0.6) is 5.75 Å². The van der Waals surface area contributed by atoms with E-state index in [1.165, 1.54) is 0 Å². The van der Waals surface area contributed by atoms with Crippen LogP contribution in [0.3, 0.4) is 0 Å². The zero-order chi connectivity index (χ0) is 14.5. The highest BCUT2D eigenvalue weighted by molar-refractivity contribution is 6.53. The fraction of sp³-hybridized carbons (Fsp3) is 0.125. The summed E-state index contributed by atoms with van der Waals surface area (Å²) >= 11 is 6.36. The molecule has 0 spiro atoms. The van der Waals surface area contributed by atoms with E-state index in [4.69, 9.17) is 16.3 Å². The number of benzene rings is 1. The maximum Gasteiger partial charge on any atom is 0.122 e. The number of aromatic nitrogens is 1. The van der Waals surface area contributed by atoms with E-state index in [9.17, 15) is 5.26 Å². The molecule has 2 rings (SSSR count). The van der Waals surface area contributed by atoms with E-state index in [1.54, 1.807) is 31.6 Å². The topological polar surface area (TPSA) is 45.9 Å². The lowest BCUT2D eigenvalue weighted by Gasteiger charge is -2.08. The summed E-state index contributed by atoms with van der Waals surface area (Å²) in [6, 6.07) is 11.3. The molecule has 0 aliphatic rings. The monoisotopic (exact) mass is 284 g/mol. The molecule has 0 N–H and O–H groups in total. The number of pyridine rings is 1. The van der Waals surface area contributed by atoms with E-state index in [0.29, 0.717) is 16.2 Å². The van der Waals surface area contributed by atoms with Crippen LogP contribution in [0.4, 0.5) is 0 Å². The Morgan fingerprint density at radius 1 is 1.30 bits per heavy atom. The summed E-state index contributed by atoms with van der Waals surface area (Å²) in [5.41, 5.74) is 2.85. The van der Waals surface area contributed by atoms with Crippen molar-refractivity contribution in [3.05, 3.63) is 59.4 Å². The lowest BCUT2D eigenvalue weighted by Crippen LogP contribution is -1.91. The number of hydrogen-bond donors (Lipinski definition) is 0. The first kappa shape index (κ1) is 14.1. The summed E-state index contributed by atoms with van der Waals surface area (Å²) in [5.74, 6) is 0.740. The van der Waals surface area contributed by atoms with Crippen LogP contribution in [0.25, 0.3) is 10.6 Å². The molecule has 0 aliphatic heterocycles. The average molecular weight is 285 g/mol. The Balaban J connectivity index is 2.55. The molecule has 0 atom stereocenters. The standard InChI is InChI=1S/C16H13ClN2O/c1-11-5-6-12(8-15(11)20-2)16(17)14(9-18)13-4-3-7-19-10-13/h3-8,10H,1-2H3/b16-14+. The van der Waals surface area contributed by atoms with Crippen LogP contribution in [0.1, 0.15) is 16.7 Å². The highest BCUT2D eigenvalue weighted by Crippen LogP contribution is 2.31. The number of nitrogens with zero attached hydrogens (tertiary/aromatic N) is 2. The van der Waals surface area contributed by atoms with Crippen molar-refractivity contribution in [1.82, 2.24) is 4.98 Å². The number of ether oxygens (including phenoxy) is 1. The number of hydrogen-bond acceptors (Lipinski definition) is 3. The van der Waals surface area contributed by atoms with E-state index >= 15 is 0 Å². The van der Waals surface area contributed by atoms with Gasteiger partial charge in [-0.1, -0.05) is 29.8 Å². The van der Waals surface area contributed by atoms with Crippen LogP contribution < -0.4 is 4.74 Å². The Bertz CT molecular complexity index is 687. The third-order valence-electron chi connectivity index (χ3n) is 2.94. The first-order valence-corrected chi connectivity index (χ1v) is 6.40. The van der Waals surface area contributed by atoms with Gasteiger partial charge in [0.15, 0.2) is 0 Å². The van der Waals surface area contributed by atoms with Crippen molar-refractivity contribution in [3.63, 3.8) is 0 Å². The number of allylic oxidation sites excluding steroid dienone is 1. The summed E-state index contributed by atoms with van der Waals surface area (Å²) in [6.07, 6.45) is 3.27. The Labute approximate surface area is 123 Å². The van der Waals surface area contributed by atoms with Gasteiger partial charge in [-0.05, 0) is 30.2 Å². The van der Waals surface area contributed by atoms with E-state index < -0.39 is 0 Å². The summed E-state index contributed by atoms with van der Waals surface area (Å²) in [6.45, 7) is 1.95. The van der Waals surface area contributed by atoms with E-state index in [0.717, 1.165) is 16.9 Å². The third-order valence-corrected chi connectivity index (χ3v) is 3.35. The minimum Gasteiger partial charge on any atom is -0.496 e. The predicted octanol–water partition coefficient (Wildman–Crippen LogP) is 4.03. The molecule has 0 fully saturated rings. The van der Waals surface area contributed by atoms with Crippen molar-refractivity contribution in [2.45, 2.75) is 6.92 Å². The molecule has 0 amide bonds. The highest BCUT2D eigenvalue weighted by Gasteiger charge is 2.11. The molecule has 0 saturated carbocycles. The number of aryl methyl sites for hydroxylation is 1. The maximum absolute atomic E-state index is 9.34. The number of nitriles is 1. The van der Waals surface area contributed by atoms with Gasteiger partial charge in [0.05, 0.1) is 17.7 Å². The summed E-state index contributed by atoms with van der Waals surface area (Å²) in [7, 11) is 1.61. The molecule has 0 unspecified atom stereocenters. The van der Waals surface area contributed by atoms with Gasteiger partial charge in [0.25, 0.3) is 0 Å². The minimum absolute atomic E-state index is 0.388. The molecule has 100 valence electrons. The fourth-order valence-electron chi connectivity index (χ4n) is 1.85. The van der Waals surface area contributed by atoms with Gasteiger partial charge in [-0.15, -0.1) is 0 Å². The van der Waals surface area contributed by atoms with Crippen molar-refractivity contribution in [1.29, 1.82) is 5.26 Å². The normalized spacial score (nSPS) is 11.5. The molecular formula is C16H13ClN2O. The Kier molecular flexibility index (Phi) is 4.39. The van der Waals surface area contributed by atoms with Gasteiger partial charge in [0, 0.05) is 18.0 Å². The molecule has 1 aromatic heterocycles. The van der Waals surface area contributed by atoms with Crippen LogP contribution in [0, 0.1) is 18.3 Å². The van der Waals surface area contributed by atoms with E-state index in [1.807, 2.05) is 25.1 Å². The third kappa shape index (κ3) is 2.81. The number of rotatable bonds is 3. The zero-order valence-corrected chi connectivity index (χ0v) is 12.0. The Hall–Kier alpha value is -2.31. The second-order valence-electron chi connectivity index (χ2n) is 4.23. The number of methoxy groups -OCH3 is 1. The first-order chi connectivity index (χ1) is 9.67. The highest BCUT2D eigenvalue weighted by atomic mass is 35.5. The van der Waals surface area contributed by atoms with Gasteiger partial charge in [-0.3, -0.25) is 4.98 Å². The second kappa shape index (κ2) is 6.23. The van der Waals surface area contributed by atoms with Gasteiger partial charge in [-0.2, -0.15) is 5.26 Å². The average Bonchev–Trinajstić information content (AvgIpc) is 2.49. The molecule has 3 nitrogen and oxygen atoms in total. The van der Waals surface area contributed by atoms with Crippen molar-refractivity contribution >= 4 is 22.2 Å². The molecule has 0 aliphatic carbocycles. The fourth-order valence-corrected chi connectivity index (χ4v) is 2.12. The minimum atomic E-state index is 0.388. The molecule has 4 heteroatoms. The van der Waals surface area contributed by atoms with Crippen molar-refractivity contribution in [2.75, 3.05) is 7.11 Å². The maximum atomic E-state index is 9.34. The number of halogens is 1. The molecule has 20 heavy (non-hydrogen) atoms. The second-order valence-corrected chi connectivity index (χ2v) is 4.60. The predicted molar refractivity (Wildman–Crippen MR) is 80.2 cm³/mol. The first-order valence-electron chi connectivity index (χ1n) is 6.02. The van der Waals surface area contributed by atoms with Crippen LogP contribution in [0.2, 0.25) is 0 Å². The van der Waals surface area contributed by atoms with Gasteiger partial charge < -0.3 is 4.74 Å². The van der Waals surface area contributed by atoms with Crippen molar-refractivity contribution < 1.29 is 4.74 Å². The van der Waals surface area contributed by atoms with Crippen LogP contribution >= 0.6 is 11.6 Å². The molecule has 1 aromatic carbocycles. The Morgan fingerprint density at radius 2 is 2.10 bits per heavy atom. The van der Waals surface area contributed by atoms with Gasteiger partial charge >= 0.3 is 0 Å². The molecule has 0 saturated heterocycles. The Morgan fingerprint density at radius 3 is 2.70 bits per heavy atom. The smallest absolute Gasteiger partial charge is 0.122 e. The summed E-state index contributed by atoms with van der Waals surface area (Å²) in [5, 5.41) is 9.73. The van der Waals surface area contributed by atoms with Gasteiger partial charge in [0.1, 0.15) is 11.8 Å². The molecule has 2 aromatic rings. The summed E-state index contributed by atoms with van der Waals surface area (Å²) < 4.78 is 5.28. The van der Waals surface area contributed by atoms with Gasteiger partial charge in [-0.25, -0.2) is 0 Å². The quantitative estimate of drug-likeness (QED) is 0.800. The van der Waals surface area contributed by atoms with Gasteiger partial charge in [0.2, 0.25) is 0 Å². The zero-order valence-electron chi connectivity index (χ0n) is 11.2. The molecule has 0 radical (unpaired) electrons. The largest absolute Gasteiger partial charge is 0.496 e. The summed E-state index contributed by atoms with van der Waals surface area (Å²) in [4.78, 5) is 4.01. The van der Waals surface area contributed by atoms with Crippen molar-refractivity contribution in [3.8, 4) is 11.8 Å². The lowest BCUT2D eigenvalue weighted by atomic mass is 10.0. The molecule has 1 heterocycles.